The second-order valence-electron chi connectivity index (χ2n) is 12.5. The Morgan fingerprint density at radius 1 is 0.736 bits per heavy atom. The topological polar surface area (TPSA) is 170 Å². The highest BCUT2D eigenvalue weighted by Crippen LogP contribution is 2.32. The SMILES string of the molecule is C=CC[C@@H](Cc1nc2ccccc2o1)C(=O)O[C@@H]1[C@@H](OC(=O)[C@@H](CC=C)Cc2nc3ccccc3o2)[C@@H](OC)O[C@H](CO)[C@H]1OC(=O)c1ccccc1. The monoisotopic (exact) mass is 724 g/mol. The molecular weight excluding hydrogens is 684 g/mol. The minimum atomic E-state index is -1.50. The number of nitrogens with zero attached hydrogens (tertiary/aromatic N) is 2. The van der Waals surface area contributed by atoms with Crippen LogP contribution in [0.1, 0.15) is 35.0 Å². The van der Waals surface area contributed by atoms with Crippen LogP contribution in [0.4, 0.5) is 0 Å². The molecule has 5 aromatic rings. The summed E-state index contributed by atoms with van der Waals surface area (Å²) in [5.41, 5.74) is 2.56. The summed E-state index contributed by atoms with van der Waals surface area (Å²) in [6.07, 6.45) is -3.39. The van der Waals surface area contributed by atoms with Crippen LogP contribution in [-0.4, -0.2) is 77.4 Å². The molecule has 0 spiro atoms. The van der Waals surface area contributed by atoms with E-state index in [9.17, 15) is 19.5 Å². The molecule has 3 heterocycles. The van der Waals surface area contributed by atoms with E-state index in [1.807, 2.05) is 24.3 Å². The van der Waals surface area contributed by atoms with Crippen molar-refractivity contribution in [3.8, 4) is 0 Å². The first-order valence-electron chi connectivity index (χ1n) is 17.2. The highest BCUT2D eigenvalue weighted by Gasteiger charge is 2.53. The summed E-state index contributed by atoms with van der Waals surface area (Å²) in [5.74, 6) is -3.34. The zero-order chi connectivity index (χ0) is 37.3. The predicted molar refractivity (Wildman–Crippen MR) is 190 cm³/mol. The summed E-state index contributed by atoms with van der Waals surface area (Å²) in [6, 6.07) is 22.5. The van der Waals surface area contributed by atoms with Crippen LogP contribution < -0.4 is 0 Å². The lowest BCUT2D eigenvalue weighted by Crippen LogP contribution is -2.63. The van der Waals surface area contributed by atoms with Gasteiger partial charge in [0.15, 0.2) is 47.5 Å². The molecule has 0 radical (unpaired) electrons. The van der Waals surface area contributed by atoms with E-state index >= 15 is 0 Å². The maximum atomic E-state index is 14.1. The summed E-state index contributed by atoms with van der Waals surface area (Å²) in [7, 11) is 1.31. The number of methoxy groups -OCH3 is 1. The number of fused-ring (bicyclic) bond motifs is 2. The smallest absolute Gasteiger partial charge is 0.338 e. The normalized spacial score (nSPS) is 21.1. The molecule has 1 fully saturated rings. The maximum absolute atomic E-state index is 14.1. The third-order valence-corrected chi connectivity index (χ3v) is 8.85. The van der Waals surface area contributed by atoms with Gasteiger partial charge in [0.05, 0.1) is 24.0 Å². The molecule has 7 atom stereocenters. The van der Waals surface area contributed by atoms with Gasteiger partial charge in [0.1, 0.15) is 17.1 Å². The molecule has 1 aliphatic rings. The number of carbonyl (C=O) groups is 3. The molecule has 1 aliphatic heterocycles. The largest absolute Gasteiger partial charge is 0.454 e. The zero-order valence-corrected chi connectivity index (χ0v) is 29.1. The number of aliphatic hydroxyl groups is 1. The number of allylic oxidation sites excluding steroid dienone is 2. The summed E-state index contributed by atoms with van der Waals surface area (Å²) >= 11 is 0. The Hall–Kier alpha value is -5.63. The van der Waals surface area contributed by atoms with Crippen molar-refractivity contribution in [2.24, 2.45) is 11.8 Å². The van der Waals surface area contributed by atoms with Gasteiger partial charge in [-0.3, -0.25) is 9.59 Å². The molecular formula is C40H40N2O11. The number of oxazole rings is 2. The van der Waals surface area contributed by atoms with Gasteiger partial charge >= 0.3 is 17.9 Å². The first kappa shape index (κ1) is 37.1. The second kappa shape index (κ2) is 17.3. The minimum absolute atomic E-state index is 0.0464. The lowest BCUT2D eigenvalue weighted by Gasteiger charge is -2.44. The van der Waals surface area contributed by atoms with E-state index in [2.05, 4.69) is 23.1 Å². The summed E-state index contributed by atoms with van der Waals surface area (Å²) < 4.78 is 41.4. The summed E-state index contributed by atoms with van der Waals surface area (Å²) in [6.45, 7) is 6.94. The Balaban J connectivity index is 1.31. The van der Waals surface area contributed by atoms with E-state index in [-0.39, 0.29) is 31.2 Å². The van der Waals surface area contributed by atoms with Gasteiger partial charge in [-0.2, -0.15) is 0 Å². The van der Waals surface area contributed by atoms with E-state index in [0.29, 0.717) is 34.0 Å². The number of ether oxygens (including phenoxy) is 5. The minimum Gasteiger partial charge on any atom is -0.454 e. The van der Waals surface area contributed by atoms with Gasteiger partial charge in [0.25, 0.3) is 0 Å². The summed E-state index contributed by atoms with van der Waals surface area (Å²) in [5, 5.41) is 10.4. The maximum Gasteiger partial charge on any atom is 0.338 e. The van der Waals surface area contributed by atoms with Gasteiger partial charge in [0.2, 0.25) is 0 Å². The van der Waals surface area contributed by atoms with Crippen LogP contribution in [0.5, 0.6) is 0 Å². The van der Waals surface area contributed by atoms with Gasteiger partial charge in [-0.05, 0) is 49.2 Å². The lowest BCUT2D eigenvalue weighted by atomic mass is 9.96. The van der Waals surface area contributed by atoms with E-state index in [0.717, 1.165) is 0 Å². The van der Waals surface area contributed by atoms with Crippen molar-refractivity contribution in [3.05, 3.63) is 122 Å². The Bertz CT molecular complexity index is 1970. The summed E-state index contributed by atoms with van der Waals surface area (Å²) in [4.78, 5) is 50.5. The Kier molecular flexibility index (Phi) is 12.1. The number of esters is 3. The molecule has 1 saturated heterocycles. The number of aliphatic hydroxyl groups excluding tert-OH is 1. The second-order valence-corrected chi connectivity index (χ2v) is 12.5. The average Bonchev–Trinajstić information content (AvgIpc) is 3.79. The molecule has 0 aliphatic carbocycles. The van der Waals surface area contributed by atoms with Crippen molar-refractivity contribution in [1.82, 2.24) is 9.97 Å². The predicted octanol–water partition coefficient (Wildman–Crippen LogP) is 5.55. The highest BCUT2D eigenvalue weighted by atomic mass is 16.7. The van der Waals surface area contributed by atoms with Gasteiger partial charge in [-0.25, -0.2) is 14.8 Å². The van der Waals surface area contributed by atoms with Crippen molar-refractivity contribution < 1.29 is 52.0 Å². The van der Waals surface area contributed by atoms with Crippen LogP contribution in [0.3, 0.4) is 0 Å². The average molecular weight is 725 g/mol. The Morgan fingerprint density at radius 2 is 1.25 bits per heavy atom. The molecule has 0 saturated carbocycles. The number of hydrogen-bond acceptors (Lipinski definition) is 13. The quantitative estimate of drug-likeness (QED) is 0.0764. The van der Waals surface area contributed by atoms with Crippen LogP contribution >= 0.6 is 0 Å². The molecule has 0 bridgehead atoms. The number of hydrogen-bond donors (Lipinski definition) is 1. The van der Waals surface area contributed by atoms with Gasteiger partial charge in [0, 0.05) is 20.0 Å². The number of carbonyl (C=O) groups excluding carboxylic acids is 3. The van der Waals surface area contributed by atoms with Gasteiger partial charge < -0.3 is 37.6 Å². The van der Waals surface area contributed by atoms with Gasteiger partial charge in [-0.15, -0.1) is 13.2 Å². The molecule has 276 valence electrons. The fraction of sp³-hybridized carbons (Fsp3) is 0.325. The van der Waals surface area contributed by atoms with Crippen LogP contribution in [0.25, 0.3) is 22.2 Å². The van der Waals surface area contributed by atoms with Crippen molar-refractivity contribution in [3.63, 3.8) is 0 Å². The molecule has 3 aromatic carbocycles. The fourth-order valence-corrected chi connectivity index (χ4v) is 6.21. The van der Waals surface area contributed by atoms with E-state index < -0.39 is 67.1 Å². The Labute approximate surface area is 305 Å². The number of rotatable bonds is 16. The highest BCUT2D eigenvalue weighted by molar-refractivity contribution is 5.89. The number of para-hydroxylation sites is 4. The van der Waals surface area contributed by atoms with E-state index in [1.54, 1.807) is 66.7 Å². The van der Waals surface area contributed by atoms with Crippen molar-refractivity contribution in [2.45, 2.75) is 56.4 Å². The van der Waals surface area contributed by atoms with Crippen LogP contribution in [0.15, 0.2) is 113 Å². The van der Waals surface area contributed by atoms with Crippen molar-refractivity contribution in [1.29, 1.82) is 0 Å². The Morgan fingerprint density at radius 3 is 1.74 bits per heavy atom. The van der Waals surface area contributed by atoms with Crippen molar-refractivity contribution in [2.75, 3.05) is 13.7 Å². The molecule has 53 heavy (non-hydrogen) atoms. The molecule has 13 nitrogen and oxygen atoms in total. The lowest BCUT2D eigenvalue weighted by molar-refractivity contribution is -0.301. The standard InChI is InChI=1S/C40H40N2O11/c1-4-13-25(21-32-41-27-17-9-11-19-29(27)48-32)38(45)52-35-34(51-37(44)24-15-7-6-8-16-24)31(23-43)50-40(47-3)36(35)53-39(46)26(14-5-2)22-33-42-28-18-10-12-20-30(28)49-33/h4-12,15-20,25-26,31,34-36,40,43H,1-2,13-14,21-23H2,3H3/t25-,26-,31+,34+,35-,36+,40-/m0/s1. The third kappa shape index (κ3) is 8.71. The molecule has 1 N–H and O–H groups in total. The molecule has 2 aromatic heterocycles. The number of benzene rings is 3. The molecule has 0 unspecified atom stereocenters. The van der Waals surface area contributed by atoms with Gasteiger partial charge in [-0.1, -0.05) is 54.6 Å². The van der Waals surface area contributed by atoms with E-state index in [1.165, 1.54) is 7.11 Å². The van der Waals surface area contributed by atoms with Crippen molar-refractivity contribution >= 4 is 40.1 Å². The first-order valence-corrected chi connectivity index (χ1v) is 17.2. The first-order chi connectivity index (χ1) is 25.8. The fourth-order valence-electron chi connectivity index (χ4n) is 6.21. The van der Waals surface area contributed by atoms with Crippen LogP contribution in [0, 0.1) is 11.8 Å². The molecule has 0 amide bonds. The van der Waals surface area contributed by atoms with Crippen LogP contribution in [0.2, 0.25) is 0 Å². The zero-order valence-electron chi connectivity index (χ0n) is 29.1. The van der Waals surface area contributed by atoms with E-state index in [4.69, 9.17) is 32.5 Å². The molecule has 13 heteroatoms. The third-order valence-electron chi connectivity index (χ3n) is 8.85. The van der Waals surface area contributed by atoms with Crippen LogP contribution in [-0.2, 0) is 46.1 Å². The number of aromatic nitrogens is 2. The molecule has 6 rings (SSSR count).